The number of hydrogen-bond donors (Lipinski definition) is 1. The number of thioether (sulfide) groups is 1. The number of nitrogens with one attached hydrogen (secondary N) is 1. The summed E-state index contributed by atoms with van der Waals surface area (Å²) in [5.74, 6) is -0.380. The maximum absolute atomic E-state index is 14.6. The summed E-state index contributed by atoms with van der Waals surface area (Å²) in [4.78, 5) is 31.1. The number of fused-ring (bicyclic) bond motifs is 1. The van der Waals surface area contributed by atoms with Gasteiger partial charge in [0.05, 0.1) is 24.5 Å². The molecule has 3 aromatic rings. The molecule has 0 bridgehead atoms. The molecule has 1 atom stereocenters. The van der Waals surface area contributed by atoms with Gasteiger partial charge in [-0.25, -0.2) is 4.39 Å². The molecule has 9 heteroatoms. The van der Waals surface area contributed by atoms with Crippen LogP contribution < -0.4 is 19.9 Å². The zero-order chi connectivity index (χ0) is 25.1. The van der Waals surface area contributed by atoms with Crippen LogP contribution in [0.15, 0.2) is 71.6 Å². The molecule has 2 amide bonds. The molecule has 0 radical (unpaired) electrons. The van der Waals surface area contributed by atoms with E-state index >= 15 is 0 Å². The van der Waals surface area contributed by atoms with Gasteiger partial charge in [0.2, 0.25) is 5.91 Å². The molecule has 0 saturated carbocycles. The Bertz CT molecular complexity index is 1270. The maximum Gasteiger partial charge on any atom is 0.255 e. The number of ether oxygens (including phenoxy) is 2. The number of anilines is 2. The fraction of sp³-hybridized carbons (Fsp3) is 0.259. The first-order valence-electron chi connectivity index (χ1n) is 11.7. The van der Waals surface area contributed by atoms with E-state index in [0.717, 1.165) is 29.4 Å². The predicted octanol–water partition coefficient (Wildman–Crippen LogP) is 4.32. The molecular weight excluding hydrogens is 481 g/mol. The van der Waals surface area contributed by atoms with Crippen molar-refractivity contribution >= 4 is 35.0 Å². The maximum atomic E-state index is 14.6. The Balaban J connectivity index is 1.32. The van der Waals surface area contributed by atoms with Gasteiger partial charge in [0.15, 0.2) is 0 Å². The number of morpholine rings is 1. The minimum Gasteiger partial charge on any atom is -0.457 e. The Morgan fingerprint density at radius 1 is 1.06 bits per heavy atom. The topological polar surface area (TPSA) is 71.1 Å². The zero-order valence-electron chi connectivity index (χ0n) is 19.8. The molecule has 0 unspecified atom stereocenters. The van der Waals surface area contributed by atoms with E-state index in [1.165, 1.54) is 30.0 Å². The number of halogens is 1. The predicted molar refractivity (Wildman–Crippen MR) is 138 cm³/mol. The van der Waals surface area contributed by atoms with E-state index in [1.807, 2.05) is 36.4 Å². The second-order valence-corrected chi connectivity index (χ2v) is 9.60. The summed E-state index contributed by atoms with van der Waals surface area (Å²) in [7, 11) is 1.70. The van der Waals surface area contributed by atoms with Crippen LogP contribution in [0.2, 0.25) is 0 Å². The van der Waals surface area contributed by atoms with Gasteiger partial charge in [-0.1, -0.05) is 18.2 Å². The third-order valence-electron chi connectivity index (χ3n) is 6.18. The standard InChI is InChI=1S/C27H26FN3O4S/c1-30-24-15-18(31-11-13-34-14-12-31)7-10-25(24)36-17-23(27(30)33)29-26(32)21-16-20(8-9-22(21)28)35-19-5-3-2-4-6-19/h2-10,15-16,23H,11-14,17H2,1H3,(H,29,32)/t23-/m0/s1. The summed E-state index contributed by atoms with van der Waals surface area (Å²) < 4.78 is 25.8. The normalized spacial score (nSPS) is 17.8. The minimum absolute atomic E-state index is 0.180. The third kappa shape index (κ3) is 5.17. The molecular formula is C27H26FN3O4S. The van der Waals surface area contributed by atoms with Crippen molar-refractivity contribution in [2.24, 2.45) is 0 Å². The molecule has 1 N–H and O–H groups in total. The first-order chi connectivity index (χ1) is 17.5. The van der Waals surface area contributed by atoms with Crippen molar-refractivity contribution in [3.63, 3.8) is 0 Å². The molecule has 0 aromatic heterocycles. The fourth-order valence-electron chi connectivity index (χ4n) is 4.21. The molecule has 1 saturated heterocycles. The number of nitrogens with zero attached hydrogens (tertiary/aromatic N) is 2. The van der Waals surface area contributed by atoms with Crippen molar-refractivity contribution in [3.8, 4) is 11.5 Å². The zero-order valence-corrected chi connectivity index (χ0v) is 20.6. The van der Waals surface area contributed by atoms with Gasteiger partial charge in [0, 0.05) is 36.5 Å². The van der Waals surface area contributed by atoms with Crippen LogP contribution in [0.5, 0.6) is 11.5 Å². The summed E-state index contributed by atoms with van der Waals surface area (Å²) in [5.41, 5.74) is 1.63. The summed E-state index contributed by atoms with van der Waals surface area (Å²) in [6.45, 7) is 2.92. The van der Waals surface area contributed by atoms with Crippen LogP contribution in [0.25, 0.3) is 0 Å². The van der Waals surface area contributed by atoms with E-state index in [9.17, 15) is 14.0 Å². The third-order valence-corrected chi connectivity index (χ3v) is 7.34. The highest BCUT2D eigenvalue weighted by atomic mass is 32.2. The highest BCUT2D eigenvalue weighted by molar-refractivity contribution is 7.99. The number of likely N-dealkylation sites (N-methyl/N-ethyl adjacent to an activating group) is 1. The van der Waals surface area contributed by atoms with Crippen LogP contribution in [0.3, 0.4) is 0 Å². The summed E-state index contributed by atoms with van der Waals surface area (Å²) in [6.07, 6.45) is 0. The number of amides is 2. The highest BCUT2D eigenvalue weighted by Crippen LogP contribution is 2.37. The lowest BCUT2D eigenvalue weighted by Crippen LogP contribution is -2.48. The molecule has 0 aliphatic carbocycles. The largest absolute Gasteiger partial charge is 0.457 e. The van der Waals surface area contributed by atoms with Crippen LogP contribution in [0.1, 0.15) is 10.4 Å². The van der Waals surface area contributed by atoms with Gasteiger partial charge < -0.3 is 24.6 Å². The van der Waals surface area contributed by atoms with Crippen LogP contribution in [-0.4, -0.2) is 57.0 Å². The van der Waals surface area contributed by atoms with Crippen LogP contribution in [0, 0.1) is 5.82 Å². The lowest BCUT2D eigenvalue weighted by Gasteiger charge is -2.30. The molecule has 2 heterocycles. The number of carbonyl (C=O) groups excluding carboxylic acids is 2. The van der Waals surface area contributed by atoms with E-state index in [2.05, 4.69) is 10.2 Å². The van der Waals surface area contributed by atoms with Crippen LogP contribution >= 0.6 is 11.8 Å². The highest BCUT2D eigenvalue weighted by Gasteiger charge is 2.31. The van der Waals surface area contributed by atoms with Gasteiger partial charge in [0.1, 0.15) is 23.4 Å². The van der Waals surface area contributed by atoms with E-state index in [4.69, 9.17) is 9.47 Å². The van der Waals surface area contributed by atoms with Crippen LogP contribution in [-0.2, 0) is 9.53 Å². The van der Waals surface area contributed by atoms with Gasteiger partial charge in [-0.05, 0) is 48.5 Å². The van der Waals surface area contributed by atoms with Crippen molar-refractivity contribution in [1.29, 1.82) is 0 Å². The number of hydrogen-bond acceptors (Lipinski definition) is 6. The molecule has 0 spiro atoms. The van der Waals surface area contributed by atoms with Gasteiger partial charge in [0.25, 0.3) is 5.91 Å². The Morgan fingerprint density at radius 3 is 2.61 bits per heavy atom. The number of benzene rings is 3. The molecule has 7 nitrogen and oxygen atoms in total. The van der Waals surface area contributed by atoms with Crippen molar-refractivity contribution < 1.29 is 23.5 Å². The second-order valence-electron chi connectivity index (χ2n) is 8.54. The summed E-state index contributed by atoms with van der Waals surface area (Å²) >= 11 is 1.49. The Kier molecular flexibility index (Phi) is 7.11. The van der Waals surface area contributed by atoms with Crippen LogP contribution in [0.4, 0.5) is 15.8 Å². The number of para-hydroxylation sites is 1. The van der Waals surface area contributed by atoms with E-state index in [0.29, 0.717) is 30.5 Å². The van der Waals surface area contributed by atoms with E-state index in [1.54, 1.807) is 24.1 Å². The molecule has 5 rings (SSSR count). The minimum atomic E-state index is -0.815. The smallest absolute Gasteiger partial charge is 0.255 e. The van der Waals surface area contributed by atoms with Gasteiger partial charge >= 0.3 is 0 Å². The molecule has 2 aliphatic rings. The number of carbonyl (C=O) groups is 2. The van der Waals surface area contributed by atoms with Crippen molar-refractivity contribution in [1.82, 2.24) is 5.32 Å². The molecule has 2 aliphatic heterocycles. The van der Waals surface area contributed by atoms with Crippen molar-refractivity contribution in [2.75, 3.05) is 48.9 Å². The van der Waals surface area contributed by atoms with Crippen molar-refractivity contribution in [3.05, 3.63) is 78.1 Å². The quantitative estimate of drug-likeness (QED) is 0.555. The summed E-state index contributed by atoms with van der Waals surface area (Å²) in [6, 6.07) is 18.3. The van der Waals surface area contributed by atoms with Crippen molar-refractivity contribution in [2.45, 2.75) is 10.9 Å². The average molecular weight is 508 g/mol. The van der Waals surface area contributed by atoms with E-state index in [-0.39, 0.29) is 11.5 Å². The Hall–Kier alpha value is -3.56. The lowest BCUT2D eigenvalue weighted by atomic mass is 10.1. The van der Waals surface area contributed by atoms with E-state index < -0.39 is 17.8 Å². The molecule has 1 fully saturated rings. The van der Waals surface area contributed by atoms with Gasteiger partial charge in [-0.3, -0.25) is 9.59 Å². The average Bonchev–Trinajstić information content (AvgIpc) is 3.02. The number of rotatable bonds is 5. The Morgan fingerprint density at radius 2 is 1.83 bits per heavy atom. The second kappa shape index (κ2) is 10.6. The first kappa shape index (κ1) is 24.1. The van der Waals surface area contributed by atoms with Gasteiger partial charge in [-0.15, -0.1) is 11.8 Å². The summed E-state index contributed by atoms with van der Waals surface area (Å²) in [5, 5.41) is 2.73. The Labute approximate surface area is 213 Å². The SMILES string of the molecule is CN1C(=O)[C@@H](NC(=O)c2cc(Oc3ccccc3)ccc2F)CSc2ccc(N3CCOCC3)cc21. The monoisotopic (exact) mass is 507 g/mol. The molecule has 3 aromatic carbocycles. The first-order valence-corrected chi connectivity index (χ1v) is 12.7. The molecule has 186 valence electrons. The lowest BCUT2D eigenvalue weighted by molar-refractivity contribution is -0.119. The fourth-order valence-corrected chi connectivity index (χ4v) is 5.29. The molecule has 36 heavy (non-hydrogen) atoms. The van der Waals surface area contributed by atoms with Gasteiger partial charge in [-0.2, -0.15) is 0 Å².